The summed E-state index contributed by atoms with van der Waals surface area (Å²) in [4.78, 5) is 0. The van der Waals surface area contributed by atoms with Gasteiger partial charge < -0.3 is 15.6 Å². The minimum absolute atomic E-state index is 0.00289. The summed E-state index contributed by atoms with van der Waals surface area (Å²) in [7, 11) is 1.54. The number of nitrogens with two attached hydrogens (primary N) is 1. The van der Waals surface area contributed by atoms with Crippen molar-refractivity contribution < 1.29 is 9.84 Å². The molecule has 1 fully saturated rings. The fraction of sp³-hybridized carbons (Fsp3) is 0.538. The van der Waals surface area contributed by atoms with Gasteiger partial charge in [0, 0.05) is 27.6 Å². The number of rotatable bonds is 3. The summed E-state index contributed by atoms with van der Waals surface area (Å²) in [5.74, 6) is 0.642. The summed E-state index contributed by atoms with van der Waals surface area (Å²) in [6.45, 7) is 3.79. The minimum atomic E-state index is -0.130. The van der Waals surface area contributed by atoms with Gasteiger partial charge in [-0.1, -0.05) is 11.6 Å². The minimum Gasteiger partial charge on any atom is -0.504 e. The van der Waals surface area contributed by atoms with Crippen molar-refractivity contribution in [2.24, 2.45) is 5.73 Å². The molecule has 0 heterocycles. The van der Waals surface area contributed by atoms with Crippen LogP contribution in [-0.2, 0) is 5.41 Å². The van der Waals surface area contributed by atoms with E-state index in [9.17, 15) is 5.11 Å². The normalized spacial score (nSPS) is 18.9. The maximum absolute atomic E-state index is 10.3. The van der Waals surface area contributed by atoms with Crippen molar-refractivity contribution in [1.29, 1.82) is 0 Å². The zero-order valence-electron chi connectivity index (χ0n) is 10.4. The molecule has 0 radical (unpaired) electrons. The number of phenolic OH excluding ortho intramolecular Hbond substituents is 1. The predicted octanol–water partition coefficient (Wildman–Crippen LogP) is 2.74. The van der Waals surface area contributed by atoms with Gasteiger partial charge in [-0.15, -0.1) is 0 Å². The number of aromatic hydroxyl groups is 1. The van der Waals surface area contributed by atoms with Gasteiger partial charge in [-0.3, -0.25) is 0 Å². The quantitative estimate of drug-likeness (QED) is 0.873. The topological polar surface area (TPSA) is 55.5 Å². The highest BCUT2D eigenvalue weighted by molar-refractivity contribution is 6.31. The van der Waals surface area contributed by atoms with E-state index in [0.717, 1.165) is 24.0 Å². The Bertz CT molecular complexity index is 453. The van der Waals surface area contributed by atoms with Crippen LogP contribution in [0.5, 0.6) is 11.5 Å². The third-order valence-corrected chi connectivity index (χ3v) is 4.23. The lowest BCUT2D eigenvalue weighted by Crippen LogP contribution is -2.31. The molecule has 4 heteroatoms. The van der Waals surface area contributed by atoms with Gasteiger partial charge in [-0.05, 0) is 32.8 Å². The Balaban J connectivity index is 2.60. The number of methoxy groups -OCH3 is 1. The molecule has 0 aromatic heterocycles. The van der Waals surface area contributed by atoms with Gasteiger partial charge in [0.1, 0.15) is 0 Å². The molecular formula is C13H18ClNO2. The first kappa shape index (κ1) is 12.5. The van der Waals surface area contributed by atoms with Crippen LogP contribution in [-0.4, -0.2) is 18.3 Å². The Hall–Kier alpha value is -0.930. The third-order valence-electron chi connectivity index (χ3n) is 3.84. The molecule has 0 saturated heterocycles. The lowest BCUT2D eigenvalue weighted by molar-refractivity contribution is 0.362. The lowest BCUT2D eigenvalue weighted by Gasteiger charge is -2.23. The molecule has 3 nitrogen and oxygen atoms in total. The molecule has 2 rings (SSSR count). The van der Waals surface area contributed by atoms with Crippen LogP contribution in [0.15, 0.2) is 6.07 Å². The molecule has 0 amide bonds. The first-order valence-corrected chi connectivity index (χ1v) is 6.14. The van der Waals surface area contributed by atoms with E-state index in [1.54, 1.807) is 0 Å². The van der Waals surface area contributed by atoms with Gasteiger partial charge in [-0.2, -0.15) is 0 Å². The summed E-state index contributed by atoms with van der Waals surface area (Å²) in [6.07, 6.45) is 1.97. The maximum Gasteiger partial charge on any atom is 0.165 e. The molecule has 3 N–H and O–H groups in total. The second-order valence-corrected chi connectivity index (χ2v) is 5.26. The Morgan fingerprint density at radius 3 is 2.53 bits per heavy atom. The zero-order valence-corrected chi connectivity index (χ0v) is 11.1. The van der Waals surface area contributed by atoms with Crippen molar-refractivity contribution in [3.05, 3.63) is 22.2 Å². The first-order valence-electron chi connectivity index (χ1n) is 5.76. The summed E-state index contributed by atoms with van der Waals surface area (Å²) >= 11 is 6.18. The molecule has 1 unspecified atom stereocenters. The molecule has 94 valence electrons. The fourth-order valence-corrected chi connectivity index (χ4v) is 2.64. The summed E-state index contributed by atoms with van der Waals surface area (Å²) in [5.41, 5.74) is 7.47. The van der Waals surface area contributed by atoms with Gasteiger partial charge >= 0.3 is 0 Å². The molecule has 1 aliphatic carbocycles. The molecule has 1 aliphatic rings. The Morgan fingerprint density at radius 2 is 2.12 bits per heavy atom. The third kappa shape index (κ3) is 1.78. The molecule has 0 aliphatic heterocycles. The second kappa shape index (κ2) is 4.07. The monoisotopic (exact) mass is 255 g/mol. The van der Waals surface area contributed by atoms with Crippen molar-refractivity contribution in [3.63, 3.8) is 0 Å². The van der Waals surface area contributed by atoms with Crippen molar-refractivity contribution in [2.45, 2.75) is 38.1 Å². The molecule has 17 heavy (non-hydrogen) atoms. The van der Waals surface area contributed by atoms with Crippen LogP contribution in [0.1, 0.15) is 30.9 Å². The van der Waals surface area contributed by atoms with E-state index in [2.05, 4.69) is 0 Å². The van der Waals surface area contributed by atoms with Gasteiger partial charge in [0.2, 0.25) is 0 Å². The van der Waals surface area contributed by atoms with Crippen LogP contribution < -0.4 is 10.5 Å². The molecule has 1 atom stereocenters. The van der Waals surface area contributed by atoms with Crippen molar-refractivity contribution in [1.82, 2.24) is 0 Å². The molecule has 0 spiro atoms. The second-order valence-electron chi connectivity index (χ2n) is 4.86. The van der Waals surface area contributed by atoms with Crippen molar-refractivity contribution >= 4 is 11.6 Å². The van der Waals surface area contributed by atoms with E-state index < -0.39 is 0 Å². The Morgan fingerprint density at radius 1 is 1.53 bits per heavy atom. The van der Waals surface area contributed by atoms with Crippen LogP contribution in [0.3, 0.4) is 0 Å². The van der Waals surface area contributed by atoms with Crippen LogP contribution >= 0.6 is 11.6 Å². The average Bonchev–Trinajstić information content (AvgIpc) is 3.05. The predicted molar refractivity (Wildman–Crippen MR) is 69.0 cm³/mol. The highest BCUT2D eigenvalue weighted by Gasteiger charge is 2.49. The first-order chi connectivity index (χ1) is 7.94. The highest BCUT2D eigenvalue weighted by Crippen LogP contribution is 2.56. The van der Waals surface area contributed by atoms with Crippen molar-refractivity contribution in [2.75, 3.05) is 7.11 Å². The van der Waals surface area contributed by atoms with E-state index >= 15 is 0 Å². The van der Waals surface area contributed by atoms with Crippen LogP contribution in [0, 0.1) is 6.92 Å². The average molecular weight is 256 g/mol. The van der Waals surface area contributed by atoms with Crippen molar-refractivity contribution in [3.8, 4) is 11.5 Å². The number of halogens is 1. The summed E-state index contributed by atoms with van der Waals surface area (Å²) < 4.78 is 5.22. The smallest absolute Gasteiger partial charge is 0.165 e. The molecule has 1 aromatic rings. The molecule has 0 bridgehead atoms. The van der Waals surface area contributed by atoms with Gasteiger partial charge in [-0.25, -0.2) is 0 Å². The van der Waals surface area contributed by atoms with E-state index in [1.165, 1.54) is 7.11 Å². The molecule has 1 saturated carbocycles. The van der Waals surface area contributed by atoms with E-state index in [1.807, 2.05) is 19.9 Å². The largest absolute Gasteiger partial charge is 0.504 e. The standard InChI is InChI=1S/C13H18ClNO2/c1-7-10(14)6-9(11(16)12(7)17-3)13(4-5-13)8(2)15/h6,8,16H,4-5,15H2,1-3H3. The van der Waals surface area contributed by atoms with Crippen LogP contribution in [0.4, 0.5) is 0 Å². The molecular weight excluding hydrogens is 238 g/mol. The lowest BCUT2D eigenvalue weighted by atomic mass is 9.88. The highest BCUT2D eigenvalue weighted by atomic mass is 35.5. The van der Waals surface area contributed by atoms with E-state index in [4.69, 9.17) is 22.1 Å². The Kier molecular flexibility index (Phi) is 3.00. The van der Waals surface area contributed by atoms with Gasteiger partial charge in [0.25, 0.3) is 0 Å². The maximum atomic E-state index is 10.3. The Labute approximate surface area is 107 Å². The summed E-state index contributed by atoms with van der Waals surface area (Å²) in [5, 5.41) is 10.9. The fourth-order valence-electron chi connectivity index (χ4n) is 2.45. The number of ether oxygens (including phenoxy) is 1. The van der Waals surface area contributed by atoms with E-state index in [-0.39, 0.29) is 17.2 Å². The summed E-state index contributed by atoms with van der Waals surface area (Å²) in [6, 6.07) is 1.82. The number of benzene rings is 1. The SMILES string of the molecule is COc1c(C)c(Cl)cc(C2(C(C)N)CC2)c1O. The van der Waals surface area contributed by atoms with E-state index in [0.29, 0.717) is 10.8 Å². The zero-order chi connectivity index (χ0) is 12.8. The van der Waals surface area contributed by atoms with Gasteiger partial charge in [0.05, 0.1) is 7.11 Å². The number of hydrogen-bond donors (Lipinski definition) is 2. The number of phenols is 1. The van der Waals surface area contributed by atoms with Crippen LogP contribution in [0.25, 0.3) is 0 Å². The van der Waals surface area contributed by atoms with Crippen LogP contribution in [0.2, 0.25) is 5.02 Å². The number of hydrogen-bond acceptors (Lipinski definition) is 3. The van der Waals surface area contributed by atoms with Gasteiger partial charge in [0.15, 0.2) is 11.5 Å². The molecule has 1 aromatic carbocycles.